The van der Waals surface area contributed by atoms with Crippen molar-refractivity contribution in [3.8, 4) is 0 Å². The van der Waals surface area contributed by atoms with Crippen LogP contribution in [0.4, 0.5) is 5.00 Å². The molecule has 0 amide bonds. The first-order valence-electron chi connectivity index (χ1n) is 4.39. The first-order chi connectivity index (χ1) is 7.13. The van der Waals surface area contributed by atoms with Crippen molar-refractivity contribution < 1.29 is 8.42 Å². The number of hydrazine groups is 1. The molecule has 0 aliphatic carbocycles. The normalized spacial score (nSPS) is 20.6. The summed E-state index contributed by atoms with van der Waals surface area (Å²) in [5, 5.41) is 4.44. The lowest BCUT2D eigenvalue weighted by Crippen LogP contribution is -2.26. The minimum Gasteiger partial charge on any atom is -0.313 e. The van der Waals surface area contributed by atoms with Crippen LogP contribution in [0.25, 0.3) is 0 Å². The Balaban J connectivity index is 2.16. The van der Waals surface area contributed by atoms with Crippen LogP contribution in [-0.4, -0.2) is 34.6 Å². The van der Waals surface area contributed by atoms with E-state index in [1.54, 1.807) is 0 Å². The van der Waals surface area contributed by atoms with Crippen LogP contribution in [0.5, 0.6) is 0 Å². The zero-order valence-electron chi connectivity index (χ0n) is 7.88. The zero-order chi connectivity index (χ0) is 10.9. The molecule has 1 saturated heterocycles. The topological polar surface area (TPSA) is 101 Å². The molecule has 0 atom stereocenters. The van der Waals surface area contributed by atoms with Crippen molar-refractivity contribution >= 4 is 26.6 Å². The number of hydrogen-bond donors (Lipinski definition) is 2. The molecule has 3 N–H and O–H groups in total. The van der Waals surface area contributed by atoms with Gasteiger partial charge in [0.15, 0.2) is 0 Å². The van der Waals surface area contributed by atoms with E-state index in [2.05, 4.69) is 15.0 Å². The molecule has 2 heterocycles. The van der Waals surface area contributed by atoms with E-state index in [-0.39, 0.29) is 12.3 Å². The summed E-state index contributed by atoms with van der Waals surface area (Å²) in [6, 6.07) is 0. The highest BCUT2D eigenvalue weighted by atomic mass is 32.2. The second kappa shape index (κ2) is 4.00. The Bertz CT molecular complexity index is 442. The van der Waals surface area contributed by atoms with Crippen molar-refractivity contribution in [3.05, 3.63) is 5.69 Å². The number of anilines is 1. The van der Waals surface area contributed by atoms with Gasteiger partial charge in [-0.1, -0.05) is 4.49 Å². The summed E-state index contributed by atoms with van der Waals surface area (Å²) in [7, 11) is -3.09. The third-order valence-corrected chi connectivity index (χ3v) is 4.82. The Kier molecular flexibility index (Phi) is 2.87. The van der Waals surface area contributed by atoms with E-state index >= 15 is 0 Å². The van der Waals surface area contributed by atoms with Crippen molar-refractivity contribution in [3.63, 3.8) is 0 Å². The fourth-order valence-electron chi connectivity index (χ4n) is 1.46. The average Bonchev–Trinajstić information content (AvgIpc) is 2.74. The molecule has 0 saturated carbocycles. The summed E-state index contributed by atoms with van der Waals surface area (Å²) in [6.45, 7) is 0.794. The Morgan fingerprint density at radius 3 is 3.00 bits per heavy atom. The van der Waals surface area contributed by atoms with Gasteiger partial charge >= 0.3 is 0 Å². The van der Waals surface area contributed by atoms with Gasteiger partial charge in [0.05, 0.1) is 12.3 Å². The highest BCUT2D eigenvalue weighted by Crippen LogP contribution is 2.22. The first-order valence-corrected chi connectivity index (χ1v) is 6.77. The predicted octanol–water partition coefficient (Wildman–Crippen LogP) is -0.641. The van der Waals surface area contributed by atoms with Gasteiger partial charge in [-0.2, -0.15) is 4.31 Å². The first kappa shape index (κ1) is 10.7. The number of rotatable bonds is 3. The van der Waals surface area contributed by atoms with E-state index < -0.39 is 10.0 Å². The predicted molar refractivity (Wildman–Crippen MR) is 56.5 cm³/mol. The Labute approximate surface area is 91.5 Å². The molecule has 7 nitrogen and oxygen atoms in total. The highest BCUT2D eigenvalue weighted by Gasteiger charge is 2.29. The number of sulfonamides is 1. The quantitative estimate of drug-likeness (QED) is 0.546. The molecule has 9 heteroatoms. The Morgan fingerprint density at radius 2 is 2.40 bits per heavy atom. The summed E-state index contributed by atoms with van der Waals surface area (Å²) in [5.41, 5.74) is 3.03. The second-order valence-electron chi connectivity index (χ2n) is 3.20. The van der Waals surface area contributed by atoms with Crippen LogP contribution in [0.2, 0.25) is 0 Å². The summed E-state index contributed by atoms with van der Waals surface area (Å²) < 4.78 is 28.2. The molecule has 0 aromatic carbocycles. The summed E-state index contributed by atoms with van der Waals surface area (Å²) in [6.07, 6.45) is 0.672. The zero-order valence-corrected chi connectivity index (χ0v) is 9.51. The SMILES string of the molecule is NNc1snnc1CN1CCCS1(=O)=O. The second-order valence-corrected chi connectivity index (χ2v) is 6.04. The third kappa shape index (κ3) is 2.09. The molecular formula is C6H11N5O2S2. The molecule has 1 aliphatic heterocycles. The maximum absolute atomic E-state index is 11.5. The van der Waals surface area contributed by atoms with Crippen molar-refractivity contribution in [1.29, 1.82) is 0 Å². The van der Waals surface area contributed by atoms with Gasteiger partial charge in [0.1, 0.15) is 10.7 Å². The summed E-state index contributed by atoms with van der Waals surface area (Å²) in [5.74, 6) is 5.47. The monoisotopic (exact) mass is 249 g/mol. The Hall–Kier alpha value is -0.770. The largest absolute Gasteiger partial charge is 0.313 e. The van der Waals surface area contributed by atoms with E-state index in [4.69, 9.17) is 5.84 Å². The number of aromatic nitrogens is 2. The minimum atomic E-state index is -3.09. The molecule has 0 bridgehead atoms. The maximum Gasteiger partial charge on any atom is 0.214 e. The van der Waals surface area contributed by atoms with Crippen LogP contribution in [0.3, 0.4) is 0 Å². The van der Waals surface area contributed by atoms with Gasteiger partial charge in [0, 0.05) is 18.1 Å². The molecule has 84 valence electrons. The molecule has 1 fully saturated rings. The molecular weight excluding hydrogens is 238 g/mol. The summed E-state index contributed by atoms with van der Waals surface area (Å²) in [4.78, 5) is 0. The van der Waals surface area contributed by atoms with E-state index in [1.807, 2.05) is 0 Å². The van der Waals surface area contributed by atoms with Crippen LogP contribution in [0.1, 0.15) is 12.1 Å². The number of nitrogens with zero attached hydrogens (tertiary/aromatic N) is 3. The van der Waals surface area contributed by atoms with Crippen molar-refractivity contribution in [2.45, 2.75) is 13.0 Å². The van der Waals surface area contributed by atoms with Crippen LogP contribution >= 0.6 is 11.5 Å². The smallest absolute Gasteiger partial charge is 0.214 e. The molecule has 0 spiro atoms. The fourth-order valence-corrected chi connectivity index (χ4v) is 3.42. The van der Waals surface area contributed by atoms with Gasteiger partial charge < -0.3 is 5.43 Å². The lowest BCUT2D eigenvalue weighted by Gasteiger charge is -2.12. The van der Waals surface area contributed by atoms with E-state index in [0.717, 1.165) is 11.5 Å². The lowest BCUT2D eigenvalue weighted by atomic mass is 10.4. The van der Waals surface area contributed by atoms with Gasteiger partial charge in [0.25, 0.3) is 0 Å². The third-order valence-electron chi connectivity index (χ3n) is 2.22. The minimum absolute atomic E-state index is 0.218. The fraction of sp³-hybridized carbons (Fsp3) is 0.667. The highest BCUT2D eigenvalue weighted by molar-refractivity contribution is 7.89. The number of nitrogens with two attached hydrogens (primary N) is 1. The number of hydrogen-bond acceptors (Lipinski definition) is 7. The van der Waals surface area contributed by atoms with Crippen molar-refractivity contribution in [2.24, 2.45) is 5.84 Å². The van der Waals surface area contributed by atoms with E-state index in [9.17, 15) is 8.42 Å². The molecule has 0 unspecified atom stereocenters. The summed E-state index contributed by atoms with van der Waals surface area (Å²) >= 11 is 1.11. The van der Waals surface area contributed by atoms with Crippen LogP contribution in [-0.2, 0) is 16.6 Å². The Morgan fingerprint density at radius 1 is 1.60 bits per heavy atom. The molecule has 1 aromatic heterocycles. The van der Waals surface area contributed by atoms with Gasteiger partial charge in [-0.15, -0.1) is 5.10 Å². The van der Waals surface area contributed by atoms with E-state index in [0.29, 0.717) is 23.7 Å². The number of nitrogens with one attached hydrogen (secondary N) is 1. The maximum atomic E-state index is 11.5. The lowest BCUT2D eigenvalue weighted by molar-refractivity contribution is 0.435. The molecule has 15 heavy (non-hydrogen) atoms. The van der Waals surface area contributed by atoms with Crippen LogP contribution < -0.4 is 11.3 Å². The van der Waals surface area contributed by atoms with Gasteiger partial charge in [-0.3, -0.25) is 0 Å². The van der Waals surface area contributed by atoms with Gasteiger partial charge in [-0.05, 0) is 6.42 Å². The standard InChI is InChI=1S/C6H11N5O2S2/c7-8-6-5(9-10-14-6)4-11-2-1-3-15(11,12)13/h8H,1-4,7H2. The van der Waals surface area contributed by atoms with Crippen LogP contribution in [0.15, 0.2) is 0 Å². The molecule has 1 aromatic rings. The number of nitrogen functional groups attached to an aromatic ring is 1. The molecule has 2 rings (SSSR count). The average molecular weight is 249 g/mol. The van der Waals surface area contributed by atoms with Gasteiger partial charge in [0.2, 0.25) is 10.0 Å². The van der Waals surface area contributed by atoms with Crippen molar-refractivity contribution in [2.75, 3.05) is 17.7 Å². The van der Waals surface area contributed by atoms with Crippen molar-refractivity contribution in [1.82, 2.24) is 13.9 Å². The van der Waals surface area contributed by atoms with E-state index in [1.165, 1.54) is 4.31 Å². The van der Waals surface area contributed by atoms with Gasteiger partial charge in [-0.25, -0.2) is 14.3 Å². The molecule has 1 aliphatic rings. The van der Waals surface area contributed by atoms with Crippen LogP contribution in [0, 0.1) is 0 Å². The molecule has 0 radical (unpaired) electrons.